The average Bonchev–Trinajstić information content (AvgIpc) is 2.97. The second kappa shape index (κ2) is 7.91. The molecule has 1 heterocycles. The minimum Gasteiger partial charge on any atom is -0.546 e. The van der Waals surface area contributed by atoms with Crippen molar-refractivity contribution >= 4 is 56.0 Å². The normalized spacial score (nSPS) is 11.2. The fraction of sp³-hybridized carbons (Fsp3) is 0.118. The van der Waals surface area contributed by atoms with Gasteiger partial charge in [0.15, 0.2) is 16.9 Å². The van der Waals surface area contributed by atoms with E-state index in [1.54, 1.807) is 26.2 Å². The molecule has 0 fully saturated rings. The second-order valence-electron chi connectivity index (χ2n) is 5.74. The Hall–Kier alpha value is -2.69. The molecule has 1 amide bonds. The van der Waals surface area contributed by atoms with E-state index in [2.05, 4.69) is 35.3 Å². The molecular weight excluding hydrogens is 434 g/mol. The summed E-state index contributed by atoms with van der Waals surface area (Å²) >= 11 is 1.63. The number of halogens is 1. The number of nitrogens with one attached hydrogen (secondary N) is 2. The van der Waals surface area contributed by atoms with Crippen LogP contribution in [0.2, 0.25) is 0 Å². The van der Waals surface area contributed by atoms with E-state index >= 15 is 0 Å². The van der Waals surface area contributed by atoms with E-state index in [0.717, 1.165) is 4.47 Å². The molecule has 10 heteroatoms. The number of phenols is 1. The highest BCUT2D eigenvalue weighted by atomic mass is 79.9. The molecule has 140 valence electrons. The van der Waals surface area contributed by atoms with Gasteiger partial charge in [-0.2, -0.15) is 0 Å². The zero-order chi connectivity index (χ0) is 19.6. The number of rotatable bonds is 5. The third-order valence-electron chi connectivity index (χ3n) is 3.62. The molecule has 1 aromatic heterocycles. The molecular formula is C17H16BrN5O3S. The molecule has 3 N–H and O–H groups in total. The molecule has 0 radical (unpaired) electrons. The van der Waals surface area contributed by atoms with Crippen molar-refractivity contribution in [2.45, 2.75) is 0 Å². The Morgan fingerprint density at radius 1 is 1.07 bits per heavy atom. The molecule has 2 aromatic carbocycles. The molecule has 0 saturated heterocycles. The number of hydrogen-bond acceptors (Lipinski definition) is 7. The Morgan fingerprint density at radius 2 is 1.67 bits per heavy atom. The van der Waals surface area contributed by atoms with Gasteiger partial charge in [-0.25, -0.2) is 0 Å². The summed E-state index contributed by atoms with van der Waals surface area (Å²) in [5, 5.41) is 16.4. The molecule has 3 aromatic rings. The van der Waals surface area contributed by atoms with Crippen LogP contribution in [0.5, 0.6) is 5.75 Å². The topological polar surface area (TPSA) is 113 Å². The zero-order valence-corrected chi connectivity index (χ0v) is 16.8. The largest absolute Gasteiger partial charge is 0.546 e. The maximum absolute atomic E-state index is 12.2. The van der Waals surface area contributed by atoms with Crippen LogP contribution < -0.4 is 10.6 Å². The van der Waals surface area contributed by atoms with Crippen molar-refractivity contribution in [3.05, 3.63) is 52.5 Å². The highest BCUT2D eigenvalue weighted by Gasteiger charge is 2.21. The first-order valence-corrected chi connectivity index (χ1v) is 9.64. The Balaban J connectivity index is 1.92. The van der Waals surface area contributed by atoms with Gasteiger partial charge in [0, 0.05) is 27.3 Å². The van der Waals surface area contributed by atoms with Gasteiger partial charge in [-0.15, -0.1) is 0 Å². The fourth-order valence-corrected chi connectivity index (χ4v) is 3.30. The lowest BCUT2D eigenvalue weighted by Crippen LogP contribution is -2.21. The van der Waals surface area contributed by atoms with E-state index in [-0.39, 0.29) is 34.5 Å². The molecule has 1 atom stereocenters. The lowest BCUT2D eigenvalue weighted by molar-refractivity contribution is 0.0824. The number of anilines is 4. The predicted octanol–water partition coefficient (Wildman–Crippen LogP) is 3.86. The van der Waals surface area contributed by atoms with Crippen molar-refractivity contribution in [3.8, 4) is 5.75 Å². The van der Waals surface area contributed by atoms with Gasteiger partial charge < -0.3 is 25.2 Å². The van der Waals surface area contributed by atoms with Gasteiger partial charge in [0.2, 0.25) is 11.6 Å². The summed E-state index contributed by atoms with van der Waals surface area (Å²) in [6, 6.07) is 12.1. The number of amides is 1. The predicted molar refractivity (Wildman–Crippen MR) is 108 cm³/mol. The zero-order valence-electron chi connectivity index (χ0n) is 14.4. The van der Waals surface area contributed by atoms with Crippen LogP contribution in [0.15, 0.2) is 46.9 Å². The Kier molecular flexibility index (Phi) is 5.59. The molecule has 0 bridgehead atoms. The van der Waals surface area contributed by atoms with Crippen molar-refractivity contribution in [1.29, 1.82) is 0 Å². The number of nitrogens with zero attached hydrogens (tertiary/aromatic N) is 3. The Labute approximate surface area is 167 Å². The first kappa shape index (κ1) is 19.1. The first-order valence-electron chi connectivity index (χ1n) is 7.79. The lowest BCUT2D eigenvalue weighted by atomic mass is 10.1. The summed E-state index contributed by atoms with van der Waals surface area (Å²) in [6.45, 7) is 0. The van der Waals surface area contributed by atoms with Crippen LogP contribution in [0.4, 0.5) is 23.0 Å². The number of phenolic OH excluding ortho intramolecular Hbond substituents is 1. The number of aromatic hydroxyl groups is 1. The molecule has 0 aliphatic rings. The summed E-state index contributed by atoms with van der Waals surface area (Å²) in [4.78, 5) is 13.5. The van der Waals surface area contributed by atoms with E-state index < -0.39 is 11.1 Å². The number of carbonyl (C=O) groups excluding carboxylic acids is 1. The second-order valence-corrected chi connectivity index (χ2v) is 7.42. The quantitative estimate of drug-likeness (QED) is 0.400. The molecule has 8 nitrogen and oxygen atoms in total. The van der Waals surface area contributed by atoms with E-state index in [1.807, 2.05) is 24.3 Å². The van der Waals surface area contributed by atoms with Crippen LogP contribution in [-0.2, 0) is 0 Å². The summed E-state index contributed by atoms with van der Waals surface area (Å²) in [5.41, 5.74) is 1.11. The van der Waals surface area contributed by atoms with Gasteiger partial charge in [0.25, 0.3) is 5.91 Å². The first-order chi connectivity index (χ1) is 12.9. The van der Waals surface area contributed by atoms with Crippen LogP contribution in [-0.4, -0.2) is 43.3 Å². The van der Waals surface area contributed by atoms with E-state index in [1.165, 1.54) is 11.0 Å². The molecule has 0 aliphatic heterocycles. The number of aromatic nitrogens is 2. The molecule has 0 saturated carbocycles. The van der Waals surface area contributed by atoms with Gasteiger partial charge in [-0.05, 0) is 40.2 Å². The van der Waals surface area contributed by atoms with Crippen LogP contribution in [0.25, 0.3) is 0 Å². The van der Waals surface area contributed by atoms with Gasteiger partial charge in [-0.3, -0.25) is 4.79 Å². The summed E-state index contributed by atoms with van der Waals surface area (Å²) < 4.78 is 20.5. The number of para-hydroxylation sites is 2. The van der Waals surface area contributed by atoms with Gasteiger partial charge >= 0.3 is 0 Å². The molecule has 0 spiro atoms. The molecule has 1 unspecified atom stereocenters. The van der Waals surface area contributed by atoms with E-state index in [4.69, 9.17) is 0 Å². The Morgan fingerprint density at radius 3 is 2.30 bits per heavy atom. The highest BCUT2D eigenvalue weighted by Crippen LogP contribution is 2.35. The van der Waals surface area contributed by atoms with Crippen LogP contribution >= 0.6 is 27.1 Å². The summed E-state index contributed by atoms with van der Waals surface area (Å²) in [7, 11) is 3.19. The highest BCUT2D eigenvalue weighted by molar-refractivity contribution is 9.10. The van der Waals surface area contributed by atoms with Gasteiger partial charge in [0.1, 0.15) is 0 Å². The fourth-order valence-electron chi connectivity index (χ4n) is 2.30. The standard InChI is InChI=1S/C17H16BrN5O3S/c1-23(2)17(25)10-6-5-9-13(14(10)24)20-16-15(21-27(26)22-16)19-12-8-4-3-7-11(12)18/h3-9,24H,1-2H3,(H,19,21)(H,20,22). The van der Waals surface area contributed by atoms with E-state index in [9.17, 15) is 14.5 Å². The molecule has 0 aliphatic carbocycles. The average molecular weight is 450 g/mol. The Bertz CT molecular complexity index is 992. The van der Waals surface area contributed by atoms with Crippen molar-refractivity contribution in [1.82, 2.24) is 13.6 Å². The monoisotopic (exact) mass is 449 g/mol. The minimum atomic E-state index is -1.79. The van der Waals surface area contributed by atoms with Crippen molar-refractivity contribution in [3.63, 3.8) is 0 Å². The minimum absolute atomic E-state index is 0.141. The third-order valence-corrected chi connectivity index (χ3v) is 4.98. The number of hydrogen-bond donors (Lipinski definition) is 3. The maximum atomic E-state index is 12.2. The van der Waals surface area contributed by atoms with Gasteiger partial charge in [0.05, 0.1) is 16.9 Å². The molecule has 27 heavy (non-hydrogen) atoms. The van der Waals surface area contributed by atoms with Crippen LogP contribution in [0.1, 0.15) is 10.4 Å². The SMILES string of the molecule is CN(C)C(=O)c1cccc(Nc2n[s+]([O-])nc2Nc2ccccc2Br)c1O. The third kappa shape index (κ3) is 4.18. The lowest BCUT2D eigenvalue weighted by Gasteiger charge is -2.14. The summed E-state index contributed by atoms with van der Waals surface area (Å²) in [6.07, 6.45) is 0. The van der Waals surface area contributed by atoms with Crippen molar-refractivity contribution in [2.24, 2.45) is 0 Å². The van der Waals surface area contributed by atoms with Crippen molar-refractivity contribution < 1.29 is 14.5 Å². The number of benzene rings is 2. The summed E-state index contributed by atoms with van der Waals surface area (Å²) in [5.74, 6) is -0.122. The maximum Gasteiger partial charge on any atom is 0.257 e. The smallest absolute Gasteiger partial charge is 0.257 e. The van der Waals surface area contributed by atoms with Crippen LogP contribution in [0.3, 0.4) is 0 Å². The van der Waals surface area contributed by atoms with Gasteiger partial charge in [-0.1, -0.05) is 18.2 Å². The molecule has 3 rings (SSSR count). The van der Waals surface area contributed by atoms with Crippen molar-refractivity contribution in [2.75, 3.05) is 24.7 Å². The number of carbonyl (C=O) groups is 1. The van der Waals surface area contributed by atoms with Crippen LogP contribution in [0, 0.1) is 0 Å². The van der Waals surface area contributed by atoms with E-state index in [0.29, 0.717) is 5.69 Å².